The lowest BCUT2D eigenvalue weighted by molar-refractivity contribution is -0.120. The monoisotopic (exact) mass is 438 g/mol. The summed E-state index contributed by atoms with van der Waals surface area (Å²) >= 11 is 7.47. The number of halogens is 1. The Morgan fingerprint density at radius 2 is 1.87 bits per heavy atom. The number of hydrogen-bond acceptors (Lipinski definition) is 5. The van der Waals surface area contributed by atoms with Crippen molar-refractivity contribution in [3.8, 4) is 5.75 Å². The highest BCUT2D eigenvalue weighted by Gasteiger charge is 2.41. The molecule has 1 aliphatic heterocycles. The summed E-state index contributed by atoms with van der Waals surface area (Å²) in [5, 5.41) is 5.59. The van der Waals surface area contributed by atoms with Crippen molar-refractivity contribution in [3.05, 3.63) is 81.1 Å². The van der Waals surface area contributed by atoms with Crippen LogP contribution >= 0.6 is 22.9 Å². The van der Waals surface area contributed by atoms with E-state index in [1.165, 1.54) is 16.2 Å². The van der Waals surface area contributed by atoms with E-state index in [0.717, 1.165) is 10.4 Å². The molecular weight excluding hydrogens is 420 g/mol. The Morgan fingerprint density at radius 1 is 1.07 bits per heavy atom. The summed E-state index contributed by atoms with van der Waals surface area (Å²) in [7, 11) is 0. The van der Waals surface area contributed by atoms with E-state index in [1.54, 1.807) is 18.2 Å². The lowest BCUT2D eigenvalue weighted by atomic mass is 10.1. The third-order valence-electron chi connectivity index (χ3n) is 4.70. The number of benzene rings is 2. The Bertz CT molecular complexity index is 1160. The van der Waals surface area contributed by atoms with E-state index in [-0.39, 0.29) is 11.6 Å². The molecule has 0 bridgehead atoms. The van der Waals surface area contributed by atoms with Gasteiger partial charge < -0.3 is 10.1 Å². The Hall–Kier alpha value is -3.09. The molecule has 0 atom stereocenters. The van der Waals surface area contributed by atoms with Gasteiger partial charge in [-0.05, 0) is 61.2 Å². The van der Waals surface area contributed by atoms with Gasteiger partial charge in [0.1, 0.15) is 11.4 Å². The van der Waals surface area contributed by atoms with Gasteiger partial charge in [-0.3, -0.25) is 9.59 Å². The molecule has 0 unspecified atom stereocenters. The van der Waals surface area contributed by atoms with Gasteiger partial charge in [-0.25, -0.2) is 4.90 Å². The third kappa shape index (κ3) is 3.60. The number of rotatable bonds is 6. The van der Waals surface area contributed by atoms with E-state index in [0.29, 0.717) is 34.3 Å². The zero-order chi connectivity index (χ0) is 21.3. The predicted molar refractivity (Wildman–Crippen MR) is 121 cm³/mol. The molecule has 30 heavy (non-hydrogen) atoms. The Kier molecular flexibility index (Phi) is 5.61. The first kappa shape index (κ1) is 20.2. The fraction of sp³-hybridized carbons (Fsp3) is 0.130. The van der Waals surface area contributed by atoms with E-state index < -0.39 is 5.91 Å². The number of hydrogen-bond donors (Lipinski definition) is 1. The molecule has 1 aromatic heterocycles. The van der Waals surface area contributed by atoms with Crippen molar-refractivity contribution < 1.29 is 14.3 Å². The first-order valence-corrected chi connectivity index (χ1v) is 10.7. The van der Waals surface area contributed by atoms with Crippen LogP contribution in [-0.4, -0.2) is 18.4 Å². The zero-order valence-electron chi connectivity index (χ0n) is 16.4. The number of para-hydroxylation sites is 2. The fourth-order valence-electron chi connectivity index (χ4n) is 3.37. The van der Waals surface area contributed by atoms with Crippen molar-refractivity contribution in [2.75, 3.05) is 16.8 Å². The maximum absolute atomic E-state index is 13.4. The van der Waals surface area contributed by atoms with Crippen LogP contribution in [0.5, 0.6) is 5.75 Å². The summed E-state index contributed by atoms with van der Waals surface area (Å²) in [5.41, 5.74) is 2.45. The molecule has 0 saturated carbocycles. The molecule has 0 spiro atoms. The second-order valence-electron chi connectivity index (χ2n) is 6.66. The highest BCUT2D eigenvalue weighted by Crippen LogP contribution is 2.38. The lowest BCUT2D eigenvalue weighted by Crippen LogP contribution is -2.33. The normalized spacial score (nSPS) is 13.9. The van der Waals surface area contributed by atoms with Crippen LogP contribution in [-0.2, 0) is 9.59 Å². The lowest BCUT2D eigenvalue weighted by Gasteiger charge is -2.18. The second-order valence-corrected chi connectivity index (χ2v) is 8.04. The number of amides is 2. The Balaban J connectivity index is 1.81. The molecule has 4 rings (SSSR count). The van der Waals surface area contributed by atoms with Crippen LogP contribution in [0.1, 0.15) is 17.4 Å². The number of imide groups is 1. The maximum atomic E-state index is 13.4. The molecule has 1 N–H and O–H groups in total. The van der Waals surface area contributed by atoms with Crippen LogP contribution in [0.4, 0.5) is 11.4 Å². The van der Waals surface area contributed by atoms with Gasteiger partial charge in [0.25, 0.3) is 11.8 Å². The largest absolute Gasteiger partial charge is 0.492 e. The van der Waals surface area contributed by atoms with Gasteiger partial charge in [0.2, 0.25) is 0 Å². The van der Waals surface area contributed by atoms with E-state index in [1.807, 2.05) is 55.6 Å². The summed E-state index contributed by atoms with van der Waals surface area (Å²) in [5.74, 6) is -0.177. The maximum Gasteiger partial charge on any atom is 0.282 e. The molecule has 0 radical (unpaired) electrons. The minimum absolute atomic E-state index is 0.226. The van der Waals surface area contributed by atoms with Crippen molar-refractivity contribution in [1.29, 1.82) is 0 Å². The summed E-state index contributed by atoms with van der Waals surface area (Å²) in [4.78, 5) is 28.8. The van der Waals surface area contributed by atoms with Crippen LogP contribution in [0.2, 0.25) is 5.02 Å². The Labute approximate surface area is 183 Å². The molecule has 0 aliphatic carbocycles. The van der Waals surface area contributed by atoms with Gasteiger partial charge in [0, 0.05) is 9.90 Å². The number of carbonyl (C=O) groups is 2. The highest BCUT2D eigenvalue weighted by atomic mass is 35.5. The van der Waals surface area contributed by atoms with Gasteiger partial charge in [-0.1, -0.05) is 29.8 Å². The Morgan fingerprint density at radius 3 is 2.57 bits per heavy atom. The fourth-order valence-corrected chi connectivity index (χ4v) is 4.36. The number of anilines is 2. The van der Waals surface area contributed by atoms with Gasteiger partial charge in [-0.2, -0.15) is 0 Å². The van der Waals surface area contributed by atoms with E-state index in [4.69, 9.17) is 16.3 Å². The van der Waals surface area contributed by atoms with E-state index in [9.17, 15) is 9.59 Å². The molecule has 5 nitrogen and oxygen atoms in total. The van der Waals surface area contributed by atoms with Crippen LogP contribution in [0.3, 0.4) is 0 Å². The SMILES string of the molecule is CCOc1ccccc1NC1=C(c2cccs2)C(=O)N(c2ccc(Cl)cc2C)C1=O. The first-order valence-electron chi connectivity index (χ1n) is 9.43. The molecule has 0 saturated heterocycles. The van der Waals surface area contributed by atoms with Crippen LogP contribution < -0.4 is 15.0 Å². The van der Waals surface area contributed by atoms with Crippen molar-refractivity contribution in [2.24, 2.45) is 0 Å². The molecular formula is C23H19ClN2O3S. The summed E-state index contributed by atoms with van der Waals surface area (Å²) in [6, 6.07) is 16.1. The molecule has 0 fully saturated rings. The molecule has 2 amide bonds. The van der Waals surface area contributed by atoms with Crippen LogP contribution in [0.25, 0.3) is 5.57 Å². The first-order chi connectivity index (χ1) is 14.5. The molecule has 2 aromatic carbocycles. The number of nitrogens with zero attached hydrogens (tertiary/aromatic N) is 1. The summed E-state index contributed by atoms with van der Waals surface area (Å²) in [6.07, 6.45) is 0. The summed E-state index contributed by atoms with van der Waals surface area (Å²) in [6.45, 7) is 4.20. The number of ether oxygens (including phenoxy) is 1. The average molecular weight is 439 g/mol. The standard InChI is InChI=1S/C23H19ClN2O3S/c1-3-29-18-8-5-4-7-16(18)25-21-20(19-9-6-12-30-19)22(27)26(23(21)28)17-11-10-15(24)13-14(17)2/h4-13,25H,3H2,1-2H3. The summed E-state index contributed by atoms with van der Waals surface area (Å²) < 4.78 is 5.67. The van der Waals surface area contributed by atoms with Crippen molar-refractivity contribution in [1.82, 2.24) is 0 Å². The second kappa shape index (κ2) is 8.34. The van der Waals surface area contributed by atoms with E-state index >= 15 is 0 Å². The van der Waals surface area contributed by atoms with Gasteiger partial charge in [0.15, 0.2) is 0 Å². The van der Waals surface area contributed by atoms with Crippen molar-refractivity contribution in [3.63, 3.8) is 0 Å². The predicted octanol–water partition coefficient (Wildman–Crippen LogP) is 5.51. The topological polar surface area (TPSA) is 58.6 Å². The van der Waals surface area contributed by atoms with E-state index in [2.05, 4.69) is 5.32 Å². The molecule has 152 valence electrons. The number of carbonyl (C=O) groups excluding carboxylic acids is 2. The number of aryl methyl sites for hydroxylation is 1. The van der Waals surface area contributed by atoms with Crippen molar-refractivity contribution >= 4 is 51.7 Å². The molecule has 2 heterocycles. The number of thiophene rings is 1. The smallest absolute Gasteiger partial charge is 0.282 e. The average Bonchev–Trinajstić information content (AvgIpc) is 3.32. The minimum atomic E-state index is -0.417. The third-order valence-corrected chi connectivity index (χ3v) is 5.82. The minimum Gasteiger partial charge on any atom is -0.492 e. The van der Waals surface area contributed by atoms with Crippen LogP contribution in [0, 0.1) is 6.92 Å². The molecule has 1 aliphatic rings. The molecule has 7 heteroatoms. The van der Waals surface area contributed by atoms with Crippen LogP contribution in [0.15, 0.2) is 65.7 Å². The zero-order valence-corrected chi connectivity index (χ0v) is 18.0. The van der Waals surface area contributed by atoms with Gasteiger partial charge in [0.05, 0.1) is 23.6 Å². The highest BCUT2D eigenvalue weighted by molar-refractivity contribution is 7.11. The van der Waals surface area contributed by atoms with Crippen molar-refractivity contribution in [2.45, 2.75) is 13.8 Å². The number of nitrogens with one attached hydrogen (secondary N) is 1. The molecule has 3 aromatic rings. The van der Waals surface area contributed by atoms with Gasteiger partial charge >= 0.3 is 0 Å². The quantitative estimate of drug-likeness (QED) is 0.516. The van der Waals surface area contributed by atoms with Gasteiger partial charge in [-0.15, -0.1) is 11.3 Å².